The van der Waals surface area contributed by atoms with E-state index in [2.05, 4.69) is 69.0 Å². The normalized spacial score (nSPS) is 10.0. The van der Waals surface area contributed by atoms with Gasteiger partial charge in [0.15, 0.2) is 0 Å². The van der Waals surface area contributed by atoms with Gasteiger partial charge in [-0.3, -0.25) is 0 Å². The molecule has 0 nitrogen and oxygen atoms in total. The second kappa shape index (κ2) is 10.7. The molecule has 110 valence electrons. The maximum absolute atomic E-state index is 3.67. The molecule has 0 heteroatoms. The van der Waals surface area contributed by atoms with Crippen LogP contribution in [-0.4, -0.2) is 0 Å². The van der Waals surface area contributed by atoms with E-state index >= 15 is 0 Å². The van der Waals surface area contributed by atoms with Crippen LogP contribution in [0.4, 0.5) is 0 Å². The van der Waals surface area contributed by atoms with Gasteiger partial charge in [-0.1, -0.05) is 105 Å². The summed E-state index contributed by atoms with van der Waals surface area (Å²) in [5, 5.41) is 0. The highest BCUT2D eigenvalue weighted by Crippen LogP contribution is 2.04. The number of rotatable bonds is 5. The zero-order valence-corrected chi connectivity index (χ0v) is 13.3. The van der Waals surface area contributed by atoms with Gasteiger partial charge >= 0.3 is 0 Å². The van der Waals surface area contributed by atoms with Crippen molar-refractivity contribution < 1.29 is 0 Å². The van der Waals surface area contributed by atoms with Gasteiger partial charge < -0.3 is 0 Å². The lowest BCUT2D eigenvalue weighted by molar-refractivity contribution is 0.816. The highest BCUT2D eigenvalue weighted by atomic mass is 13.9. The fraction of sp³-hybridized carbons (Fsp3) is 0.238. The first-order valence-electron chi connectivity index (χ1n) is 7.67. The van der Waals surface area contributed by atoms with Crippen molar-refractivity contribution in [3.8, 4) is 0 Å². The average Bonchev–Trinajstić information content (AvgIpc) is 2.53. The summed E-state index contributed by atoms with van der Waals surface area (Å²) in [6.07, 6.45) is 10.1. The van der Waals surface area contributed by atoms with Gasteiger partial charge in [0.2, 0.25) is 0 Å². The van der Waals surface area contributed by atoms with Crippen LogP contribution in [0.25, 0.3) is 12.2 Å². The molecular formula is C21H26. The number of hydrogen-bond acceptors (Lipinski definition) is 0. The first kappa shape index (κ1) is 17.0. The Balaban J connectivity index is 0.000000219. The van der Waals surface area contributed by atoms with Crippen molar-refractivity contribution in [2.75, 3.05) is 0 Å². The molecule has 0 N–H and O–H groups in total. The monoisotopic (exact) mass is 278 g/mol. The van der Waals surface area contributed by atoms with Crippen LogP contribution in [0.5, 0.6) is 0 Å². The second-order valence-electron chi connectivity index (χ2n) is 5.07. The Labute approximate surface area is 129 Å². The van der Waals surface area contributed by atoms with Crippen molar-refractivity contribution in [1.29, 1.82) is 0 Å². The fourth-order valence-corrected chi connectivity index (χ4v) is 1.90. The molecule has 0 heterocycles. The highest BCUT2D eigenvalue weighted by molar-refractivity contribution is 5.48. The second-order valence-corrected chi connectivity index (χ2v) is 5.07. The first-order valence-corrected chi connectivity index (χ1v) is 7.67. The van der Waals surface area contributed by atoms with Crippen molar-refractivity contribution in [3.63, 3.8) is 0 Å². The van der Waals surface area contributed by atoms with Crippen LogP contribution in [0.1, 0.15) is 42.9 Å². The van der Waals surface area contributed by atoms with Crippen LogP contribution in [-0.2, 0) is 0 Å². The van der Waals surface area contributed by atoms with E-state index in [9.17, 15) is 0 Å². The van der Waals surface area contributed by atoms with Crippen molar-refractivity contribution in [1.82, 2.24) is 0 Å². The van der Waals surface area contributed by atoms with E-state index in [1.165, 1.54) is 36.0 Å². The summed E-state index contributed by atoms with van der Waals surface area (Å²) in [6.45, 7) is 7.97. The fourth-order valence-electron chi connectivity index (χ4n) is 1.90. The third kappa shape index (κ3) is 7.94. The number of unbranched alkanes of at least 4 members (excludes halogenated alkanes) is 2. The van der Waals surface area contributed by atoms with Gasteiger partial charge in [-0.05, 0) is 24.5 Å². The first-order chi connectivity index (χ1) is 10.3. The molecule has 0 aromatic heterocycles. The molecule has 0 amide bonds. The molecule has 0 spiro atoms. The number of benzene rings is 2. The van der Waals surface area contributed by atoms with Crippen LogP contribution in [0, 0.1) is 6.92 Å². The van der Waals surface area contributed by atoms with Gasteiger partial charge in [0.05, 0.1) is 0 Å². The maximum Gasteiger partial charge on any atom is -0.0260 e. The standard InChI is InChI=1S/C12H16.C9H10/c1-2-3-4-6-9-12-10-7-5-8-11-12;1-3-9-6-4-5-8(2)7-9/h5-11H,2-4H2,1H3;3-7H,1H2,2H3. The van der Waals surface area contributed by atoms with Gasteiger partial charge in [-0.15, -0.1) is 0 Å². The lowest BCUT2D eigenvalue weighted by Crippen LogP contribution is -1.72. The van der Waals surface area contributed by atoms with Gasteiger partial charge in [-0.25, -0.2) is 0 Å². The molecule has 0 bridgehead atoms. The zero-order chi connectivity index (χ0) is 15.3. The van der Waals surface area contributed by atoms with Crippen LogP contribution in [0.15, 0.2) is 67.3 Å². The molecular weight excluding hydrogens is 252 g/mol. The van der Waals surface area contributed by atoms with E-state index in [-0.39, 0.29) is 0 Å². The molecule has 2 aromatic rings. The predicted molar refractivity (Wildman–Crippen MR) is 96.3 cm³/mol. The minimum absolute atomic E-state index is 1.19. The summed E-state index contributed by atoms with van der Waals surface area (Å²) >= 11 is 0. The van der Waals surface area contributed by atoms with Crippen molar-refractivity contribution in [2.45, 2.75) is 33.1 Å². The van der Waals surface area contributed by atoms with Crippen LogP contribution in [0.3, 0.4) is 0 Å². The topological polar surface area (TPSA) is 0 Å². The van der Waals surface area contributed by atoms with Crippen LogP contribution < -0.4 is 0 Å². The van der Waals surface area contributed by atoms with E-state index in [4.69, 9.17) is 0 Å². The molecule has 0 saturated carbocycles. The Morgan fingerprint density at radius 2 is 1.67 bits per heavy atom. The lowest BCUT2D eigenvalue weighted by Gasteiger charge is -1.92. The van der Waals surface area contributed by atoms with Gasteiger partial charge in [0.1, 0.15) is 0 Å². The Morgan fingerprint density at radius 1 is 0.952 bits per heavy atom. The molecule has 0 saturated heterocycles. The van der Waals surface area contributed by atoms with Crippen LogP contribution >= 0.6 is 0 Å². The average molecular weight is 278 g/mol. The molecule has 2 rings (SSSR count). The molecule has 21 heavy (non-hydrogen) atoms. The minimum atomic E-state index is 1.19. The zero-order valence-electron chi connectivity index (χ0n) is 13.3. The maximum atomic E-state index is 3.67. The number of aryl methyl sites for hydroxylation is 1. The molecule has 2 aromatic carbocycles. The minimum Gasteiger partial charge on any atom is -0.0985 e. The third-order valence-corrected chi connectivity index (χ3v) is 3.11. The van der Waals surface area contributed by atoms with Crippen molar-refractivity contribution >= 4 is 12.2 Å². The Hall–Kier alpha value is -2.08. The van der Waals surface area contributed by atoms with Gasteiger partial charge in [0.25, 0.3) is 0 Å². The molecule has 0 aliphatic carbocycles. The van der Waals surface area contributed by atoms with E-state index in [1.54, 1.807) is 0 Å². The lowest BCUT2D eigenvalue weighted by atomic mass is 10.1. The summed E-state index contributed by atoms with van der Waals surface area (Å²) in [4.78, 5) is 0. The Bertz CT molecular complexity index is 535. The molecule has 0 radical (unpaired) electrons. The highest BCUT2D eigenvalue weighted by Gasteiger charge is 1.83. The van der Waals surface area contributed by atoms with Crippen molar-refractivity contribution in [2.24, 2.45) is 0 Å². The molecule has 0 unspecified atom stereocenters. The van der Waals surface area contributed by atoms with E-state index in [1.807, 2.05) is 24.3 Å². The summed E-state index contributed by atoms with van der Waals surface area (Å²) in [5.74, 6) is 0. The SMILES string of the molecule is C=Cc1cccc(C)c1.CCCCC=Cc1ccccc1. The summed E-state index contributed by atoms with van der Waals surface area (Å²) in [7, 11) is 0. The van der Waals surface area contributed by atoms with E-state index < -0.39 is 0 Å². The van der Waals surface area contributed by atoms with Gasteiger partial charge in [0, 0.05) is 0 Å². The van der Waals surface area contributed by atoms with E-state index in [0.29, 0.717) is 0 Å². The smallest absolute Gasteiger partial charge is 0.0260 e. The summed E-state index contributed by atoms with van der Waals surface area (Å²) in [6, 6.07) is 18.7. The quantitative estimate of drug-likeness (QED) is 0.545. The molecule has 0 aliphatic heterocycles. The predicted octanol–water partition coefficient (Wildman–Crippen LogP) is 6.53. The molecule has 0 atom stereocenters. The largest absolute Gasteiger partial charge is 0.0985 e. The van der Waals surface area contributed by atoms with Crippen molar-refractivity contribution in [3.05, 3.63) is 83.9 Å². The number of hydrogen-bond donors (Lipinski definition) is 0. The summed E-state index contributed by atoms with van der Waals surface area (Å²) in [5.41, 5.74) is 3.77. The Kier molecular flexibility index (Phi) is 8.63. The van der Waals surface area contributed by atoms with E-state index in [0.717, 1.165) is 0 Å². The number of allylic oxidation sites excluding steroid dienone is 1. The molecule has 0 aliphatic rings. The summed E-state index contributed by atoms with van der Waals surface area (Å²) < 4.78 is 0. The Morgan fingerprint density at radius 3 is 2.24 bits per heavy atom. The molecule has 0 fully saturated rings. The third-order valence-electron chi connectivity index (χ3n) is 3.11. The van der Waals surface area contributed by atoms with Crippen LogP contribution in [0.2, 0.25) is 0 Å². The van der Waals surface area contributed by atoms with Gasteiger partial charge in [-0.2, -0.15) is 0 Å².